The second kappa shape index (κ2) is 4.50. The van der Waals surface area contributed by atoms with Gasteiger partial charge >= 0.3 is 6.09 Å². The Morgan fingerprint density at radius 1 is 1.38 bits per heavy atom. The summed E-state index contributed by atoms with van der Waals surface area (Å²) in [7, 11) is 1.70. The Balaban J connectivity index is 2.55. The van der Waals surface area contributed by atoms with E-state index in [2.05, 4.69) is 0 Å². The van der Waals surface area contributed by atoms with Crippen LogP contribution in [0, 0.1) is 0 Å². The van der Waals surface area contributed by atoms with E-state index in [0.717, 1.165) is 0 Å². The topological polar surface area (TPSA) is 29.5 Å². The van der Waals surface area contributed by atoms with Gasteiger partial charge in [0.15, 0.2) is 0 Å². The van der Waals surface area contributed by atoms with E-state index in [9.17, 15) is 4.79 Å². The molecule has 0 spiro atoms. The highest BCUT2D eigenvalue weighted by Gasteiger charge is 2.07. The molecular weight excluding hydrogens is 166 g/mol. The molecule has 13 heavy (non-hydrogen) atoms. The van der Waals surface area contributed by atoms with E-state index < -0.39 is 0 Å². The molecule has 0 atom stereocenters. The summed E-state index contributed by atoms with van der Waals surface area (Å²) in [6.07, 6.45) is -0.325. The van der Waals surface area contributed by atoms with Crippen molar-refractivity contribution in [2.75, 3.05) is 13.6 Å². The maximum absolute atomic E-state index is 11.2. The van der Waals surface area contributed by atoms with E-state index in [-0.39, 0.29) is 6.09 Å². The van der Waals surface area contributed by atoms with E-state index in [0.29, 0.717) is 12.3 Å². The second-order valence-corrected chi connectivity index (χ2v) is 2.70. The van der Waals surface area contributed by atoms with Gasteiger partial charge in [-0.3, -0.25) is 0 Å². The Kier molecular flexibility index (Phi) is 3.31. The molecule has 3 nitrogen and oxygen atoms in total. The average molecular weight is 179 g/mol. The van der Waals surface area contributed by atoms with Crippen LogP contribution in [0.3, 0.4) is 0 Å². The number of carbonyl (C=O) groups is 1. The van der Waals surface area contributed by atoms with E-state index in [4.69, 9.17) is 4.74 Å². The molecule has 0 aliphatic heterocycles. The smallest absolute Gasteiger partial charge is 0.410 e. The zero-order chi connectivity index (χ0) is 9.68. The van der Waals surface area contributed by atoms with Crippen molar-refractivity contribution in [3.8, 4) is 5.75 Å². The summed E-state index contributed by atoms with van der Waals surface area (Å²) in [5.41, 5.74) is 0. The lowest BCUT2D eigenvalue weighted by molar-refractivity contribution is 0.165. The first kappa shape index (κ1) is 9.58. The van der Waals surface area contributed by atoms with Crippen LogP contribution in [-0.4, -0.2) is 24.6 Å². The van der Waals surface area contributed by atoms with Crippen LogP contribution in [-0.2, 0) is 0 Å². The van der Waals surface area contributed by atoms with E-state index in [1.807, 2.05) is 25.1 Å². The van der Waals surface area contributed by atoms with Crippen LogP contribution in [0.15, 0.2) is 30.3 Å². The highest BCUT2D eigenvalue weighted by molar-refractivity contribution is 5.70. The molecule has 1 aromatic carbocycles. The molecule has 0 aliphatic rings. The zero-order valence-electron chi connectivity index (χ0n) is 7.86. The quantitative estimate of drug-likeness (QED) is 0.696. The molecule has 0 aliphatic carbocycles. The van der Waals surface area contributed by atoms with Crippen LogP contribution in [0.2, 0.25) is 0 Å². The summed E-state index contributed by atoms with van der Waals surface area (Å²) >= 11 is 0. The number of carbonyl (C=O) groups excluding carboxylic acids is 1. The third-order valence-corrected chi connectivity index (χ3v) is 1.73. The molecule has 0 heterocycles. The number of benzene rings is 1. The molecule has 0 radical (unpaired) electrons. The monoisotopic (exact) mass is 179 g/mol. The zero-order valence-corrected chi connectivity index (χ0v) is 7.86. The maximum atomic E-state index is 11.2. The first-order chi connectivity index (χ1) is 6.24. The fourth-order valence-electron chi connectivity index (χ4n) is 0.796. The standard InChI is InChI=1S/C10H13NO2/c1-3-11(2)10(12)13-9-7-5-4-6-8-9/h4-8H,3H2,1-2H3. The fraction of sp³-hybridized carbons (Fsp3) is 0.300. The summed E-state index contributed by atoms with van der Waals surface area (Å²) < 4.78 is 5.05. The summed E-state index contributed by atoms with van der Waals surface area (Å²) in [6, 6.07) is 9.03. The lowest BCUT2D eigenvalue weighted by atomic mass is 10.3. The normalized spacial score (nSPS) is 9.38. The Morgan fingerprint density at radius 2 is 2.00 bits per heavy atom. The summed E-state index contributed by atoms with van der Waals surface area (Å²) in [6.45, 7) is 2.54. The maximum Gasteiger partial charge on any atom is 0.414 e. The highest BCUT2D eigenvalue weighted by Crippen LogP contribution is 2.09. The fourth-order valence-corrected chi connectivity index (χ4v) is 0.796. The molecule has 0 saturated carbocycles. The van der Waals surface area contributed by atoms with Crippen LogP contribution in [0.25, 0.3) is 0 Å². The Labute approximate surface area is 77.9 Å². The van der Waals surface area contributed by atoms with Gasteiger partial charge in [0.1, 0.15) is 5.75 Å². The molecule has 3 heteroatoms. The molecule has 70 valence electrons. The van der Waals surface area contributed by atoms with E-state index in [1.54, 1.807) is 19.2 Å². The van der Waals surface area contributed by atoms with Gasteiger partial charge in [0, 0.05) is 13.6 Å². The van der Waals surface area contributed by atoms with Crippen LogP contribution in [0.1, 0.15) is 6.92 Å². The third kappa shape index (κ3) is 2.78. The van der Waals surface area contributed by atoms with Gasteiger partial charge in [-0.1, -0.05) is 18.2 Å². The lowest BCUT2D eigenvalue weighted by Crippen LogP contribution is -2.29. The minimum Gasteiger partial charge on any atom is -0.410 e. The predicted octanol–water partition coefficient (Wildman–Crippen LogP) is 2.14. The van der Waals surface area contributed by atoms with Crippen molar-refractivity contribution in [1.29, 1.82) is 0 Å². The van der Waals surface area contributed by atoms with Crippen molar-refractivity contribution in [2.24, 2.45) is 0 Å². The predicted molar refractivity (Wildman–Crippen MR) is 50.8 cm³/mol. The van der Waals surface area contributed by atoms with Crippen LogP contribution in [0.5, 0.6) is 5.75 Å². The lowest BCUT2D eigenvalue weighted by Gasteiger charge is -2.13. The molecule has 0 fully saturated rings. The van der Waals surface area contributed by atoms with Crippen LogP contribution in [0.4, 0.5) is 4.79 Å². The average Bonchev–Trinajstić information content (AvgIpc) is 2.18. The number of hydrogen-bond donors (Lipinski definition) is 0. The van der Waals surface area contributed by atoms with Gasteiger partial charge in [0.2, 0.25) is 0 Å². The first-order valence-corrected chi connectivity index (χ1v) is 4.22. The van der Waals surface area contributed by atoms with Gasteiger partial charge in [-0.05, 0) is 19.1 Å². The van der Waals surface area contributed by atoms with E-state index in [1.165, 1.54) is 4.90 Å². The van der Waals surface area contributed by atoms with Gasteiger partial charge in [-0.2, -0.15) is 0 Å². The van der Waals surface area contributed by atoms with Gasteiger partial charge < -0.3 is 9.64 Å². The Bertz CT molecular complexity index is 272. The summed E-state index contributed by atoms with van der Waals surface area (Å²) in [4.78, 5) is 12.8. The molecular formula is C10H13NO2. The molecule has 1 rings (SSSR count). The SMILES string of the molecule is CCN(C)C(=O)Oc1ccccc1. The molecule has 1 amide bonds. The van der Waals surface area contributed by atoms with Crippen molar-refractivity contribution in [2.45, 2.75) is 6.92 Å². The largest absolute Gasteiger partial charge is 0.414 e. The number of para-hydroxylation sites is 1. The van der Waals surface area contributed by atoms with Crippen molar-refractivity contribution in [3.63, 3.8) is 0 Å². The molecule has 0 aromatic heterocycles. The highest BCUT2D eigenvalue weighted by atomic mass is 16.6. The summed E-state index contributed by atoms with van der Waals surface area (Å²) in [5, 5.41) is 0. The van der Waals surface area contributed by atoms with Gasteiger partial charge in [-0.25, -0.2) is 4.79 Å². The van der Waals surface area contributed by atoms with Crippen LogP contribution < -0.4 is 4.74 Å². The third-order valence-electron chi connectivity index (χ3n) is 1.73. The molecule has 0 saturated heterocycles. The first-order valence-electron chi connectivity index (χ1n) is 4.22. The van der Waals surface area contributed by atoms with Crippen molar-refractivity contribution in [1.82, 2.24) is 4.90 Å². The van der Waals surface area contributed by atoms with Crippen LogP contribution >= 0.6 is 0 Å². The molecule has 0 N–H and O–H groups in total. The number of nitrogens with zero attached hydrogens (tertiary/aromatic N) is 1. The van der Waals surface area contributed by atoms with Crippen molar-refractivity contribution in [3.05, 3.63) is 30.3 Å². The molecule has 0 bridgehead atoms. The van der Waals surface area contributed by atoms with Gasteiger partial charge in [-0.15, -0.1) is 0 Å². The summed E-state index contributed by atoms with van der Waals surface area (Å²) in [5.74, 6) is 0.577. The van der Waals surface area contributed by atoms with Gasteiger partial charge in [0.25, 0.3) is 0 Å². The Hall–Kier alpha value is -1.51. The second-order valence-electron chi connectivity index (χ2n) is 2.70. The van der Waals surface area contributed by atoms with Crippen molar-refractivity contribution >= 4 is 6.09 Å². The number of ether oxygens (including phenoxy) is 1. The molecule has 1 aromatic rings. The molecule has 0 unspecified atom stereocenters. The Morgan fingerprint density at radius 3 is 2.54 bits per heavy atom. The van der Waals surface area contributed by atoms with E-state index >= 15 is 0 Å². The van der Waals surface area contributed by atoms with Gasteiger partial charge in [0.05, 0.1) is 0 Å². The number of hydrogen-bond acceptors (Lipinski definition) is 2. The number of rotatable bonds is 2. The minimum absolute atomic E-state index is 0.325. The number of amides is 1. The minimum atomic E-state index is -0.325. The van der Waals surface area contributed by atoms with Crippen molar-refractivity contribution < 1.29 is 9.53 Å².